The van der Waals surface area contributed by atoms with E-state index in [9.17, 15) is 0 Å². The maximum absolute atomic E-state index is 4.12. The van der Waals surface area contributed by atoms with Gasteiger partial charge in [0, 0.05) is 17.5 Å². The maximum Gasteiger partial charge on any atom is 0.188 e. The Hall–Kier alpha value is -1.33. The summed E-state index contributed by atoms with van der Waals surface area (Å²) >= 11 is 1.60. The predicted octanol–water partition coefficient (Wildman–Crippen LogP) is 2.45. The highest BCUT2D eigenvalue weighted by atomic mass is 32.2. The molecule has 90 valence electrons. The summed E-state index contributed by atoms with van der Waals surface area (Å²) in [6.45, 7) is 5.16. The van der Waals surface area contributed by atoms with Crippen molar-refractivity contribution < 1.29 is 0 Å². The minimum absolute atomic E-state index is 0.485. The fourth-order valence-corrected chi connectivity index (χ4v) is 2.24. The van der Waals surface area contributed by atoms with Crippen molar-refractivity contribution in [3.8, 4) is 0 Å². The van der Waals surface area contributed by atoms with Gasteiger partial charge in [0.15, 0.2) is 5.16 Å². The summed E-state index contributed by atoms with van der Waals surface area (Å²) in [5.41, 5.74) is 1.28. The van der Waals surface area contributed by atoms with Crippen LogP contribution in [0.15, 0.2) is 40.6 Å². The quantitative estimate of drug-likeness (QED) is 0.853. The lowest BCUT2D eigenvalue weighted by molar-refractivity contribution is 0.584. The Balaban J connectivity index is 2.10. The zero-order valence-electron chi connectivity index (χ0n) is 9.97. The number of rotatable bonds is 5. The van der Waals surface area contributed by atoms with Crippen LogP contribution in [-0.2, 0) is 6.54 Å². The molecule has 0 radical (unpaired) electrons. The first-order chi connectivity index (χ1) is 8.25. The lowest BCUT2D eigenvalue weighted by Crippen LogP contribution is -2.22. The summed E-state index contributed by atoms with van der Waals surface area (Å²) in [4.78, 5) is 5.33. The van der Waals surface area contributed by atoms with Crippen LogP contribution in [-0.4, -0.2) is 21.2 Å². The standard InChI is InChI=1S/C12H16N4S/c1-9(2)13-7-10-5-3-4-6-11(10)17-12-14-8-15-16-12/h3-6,8-9,13H,7H2,1-2H3,(H,14,15,16). The predicted molar refractivity (Wildman–Crippen MR) is 68.9 cm³/mol. The van der Waals surface area contributed by atoms with Crippen LogP contribution in [0.3, 0.4) is 0 Å². The van der Waals surface area contributed by atoms with Gasteiger partial charge in [0.1, 0.15) is 6.33 Å². The number of aromatic amines is 1. The average molecular weight is 248 g/mol. The lowest BCUT2D eigenvalue weighted by Gasteiger charge is -2.11. The van der Waals surface area contributed by atoms with Crippen LogP contribution in [0, 0.1) is 0 Å². The van der Waals surface area contributed by atoms with Gasteiger partial charge >= 0.3 is 0 Å². The summed E-state index contributed by atoms with van der Waals surface area (Å²) in [5, 5.41) is 11.0. The van der Waals surface area contributed by atoms with Gasteiger partial charge in [-0.25, -0.2) is 4.98 Å². The molecule has 1 heterocycles. The van der Waals surface area contributed by atoms with Gasteiger partial charge in [-0.2, -0.15) is 5.10 Å². The van der Waals surface area contributed by atoms with Crippen molar-refractivity contribution in [3.05, 3.63) is 36.2 Å². The number of nitrogens with one attached hydrogen (secondary N) is 2. The van der Waals surface area contributed by atoms with Crippen molar-refractivity contribution in [2.75, 3.05) is 0 Å². The zero-order chi connectivity index (χ0) is 12.1. The normalized spacial score (nSPS) is 11.0. The summed E-state index contributed by atoms with van der Waals surface area (Å²) in [7, 11) is 0. The molecule has 5 heteroatoms. The number of H-pyrrole nitrogens is 1. The third-order valence-electron chi connectivity index (χ3n) is 2.27. The molecule has 4 nitrogen and oxygen atoms in total. The molecule has 2 N–H and O–H groups in total. The monoisotopic (exact) mass is 248 g/mol. The van der Waals surface area contributed by atoms with Gasteiger partial charge in [-0.3, -0.25) is 5.10 Å². The van der Waals surface area contributed by atoms with E-state index in [1.54, 1.807) is 11.8 Å². The summed E-state index contributed by atoms with van der Waals surface area (Å²) < 4.78 is 0. The molecule has 0 fully saturated rings. The molecule has 1 aromatic carbocycles. The van der Waals surface area contributed by atoms with Crippen molar-refractivity contribution in [1.29, 1.82) is 0 Å². The van der Waals surface area contributed by atoms with E-state index >= 15 is 0 Å². The van der Waals surface area contributed by atoms with Crippen molar-refractivity contribution in [3.63, 3.8) is 0 Å². The van der Waals surface area contributed by atoms with E-state index in [0.717, 1.165) is 11.7 Å². The molecular weight excluding hydrogens is 232 g/mol. The topological polar surface area (TPSA) is 53.6 Å². The van der Waals surface area contributed by atoms with Gasteiger partial charge in [-0.15, -0.1) is 0 Å². The fraction of sp³-hybridized carbons (Fsp3) is 0.333. The summed E-state index contributed by atoms with van der Waals surface area (Å²) in [6.07, 6.45) is 1.53. The molecular formula is C12H16N4S. The molecule has 0 spiro atoms. The van der Waals surface area contributed by atoms with Crippen LogP contribution in [0.5, 0.6) is 0 Å². The highest BCUT2D eigenvalue weighted by Gasteiger charge is 2.05. The van der Waals surface area contributed by atoms with E-state index in [2.05, 4.69) is 52.5 Å². The Morgan fingerprint density at radius 1 is 1.35 bits per heavy atom. The molecule has 0 unspecified atom stereocenters. The van der Waals surface area contributed by atoms with Gasteiger partial charge in [-0.05, 0) is 11.6 Å². The molecule has 0 aliphatic heterocycles. The molecule has 0 saturated heterocycles. The molecule has 0 aliphatic carbocycles. The maximum atomic E-state index is 4.12. The molecule has 2 rings (SSSR count). The van der Waals surface area contributed by atoms with Crippen LogP contribution in [0.4, 0.5) is 0 Å². The van der Waals surface area contributed by atoms with Crippen molar-refractivity contribution in [2.45, 2.75) is 36.5 Å². The second kappa shape index (κ2) is 5.84. The van der Waals surface area contributed by atoms with Crippen molar-refractivity contribution >= 4 is 11.8 Å². The van der Waals surface area contributed by atoms with E-state index in [4.69, 9.17) is 0 Å². The highest BCUT2D eigenvalue weighted by Crippen LogP contribution is 2.27. The molecule has 17 heavy (non-hydrogen) atoms. The average Bonchev–Trinajstić information content (AvgIpc) is 2.80. The third kappa shape index (κ3) is 3.57. The SMILES string of the molecule is CC(C)NCc1ccccc1Sc1ncn[nH]1. The Kier molecular flexibility index (Phi) is 4.17. The smallest absolute Gasteiger partial charge is 0.188 e. The van der Waals surface area contributed by atoms with Crippen LogP contribution in [0.25, 0.3) is 0 Å². The molecule has 0 bridgehead atoms. The Bertz CT molecular complexity index is 453. The summed E-state index contributed by atoms with van der Waals surface area (Å²) in [5.74, 6) is 0. The Morgan fingerprint density at radius 2 is 2.18 bits per heavy atom. The lowest BCUT2D eigenvalue weighted by atomic mass is 10.2. The van der Waals surface area contributed by atoms with Crippen LogP contribution in [0.1, 0.15) is 19.4 Å². The second-order valence-corrected chi connectivity index (χ2v) is 5.07. The molecule has 1 aromatic heterocycles. The molecule has 0 atom stereocenters. The van der Waals surface area contributed by atoms with E-state index < -0.39 is 0 Å². The Labute approximate surface area is 105 Å². The van der Waals surface area contributed by atoms with Crippen LogP contribution >= 0.6 is 11.8 Å². The first kappa shape index (κ1) is 12.1. The molecule has 0 saturated carbocycles. The molecule has 2 aromatic rings. The Morgan fingerprint density at radius 3 is 2.88 bits per heavy atom. The second-order valence-electron chi connectivity index (χ2n) is 4.04. The number of benzene rings is 1. The van der Waals surface area contributed by atoms with Crippen LogP contribution < -0.4 is 5.32 Å². The van der Waals surface area contributed by atoms with Gasteiger partial charge in [0.25, 0.3) is 0 Å². The number of hydrogen-bond acceptors (Lipinski definition) is 4. The zero-order valence-corrected chi connectivity index (χ0v) is 10.8. The number of hydrogen-bond donors (Lipinski definition) is 2. The van der Waals surface area contributed by atoms with Gasteiger partial charge in [0.05, 0.1) is 0 Å². The van der Waals surface area contributed by atoms with Gasteiger partial charge < -0.3 is 5.32 Å². The van der Waals surface area contributed by atoms with Gasteiger partial charge in [0.2, 0.25) is 0 Å². The first-order valence-corrected chi connectivity index (χ1v) is 6.42. The van der Waals surface area contributed by atoms with Gasteiger partial charge in [-0.1, -0.05) is 43.8 Å². The van der Waals surface area contributed by atoms with E-state index in [0.29, 0.717) is 6.04 Å². The number of nitrogens with zero attached hydrogens (tertiary/aromatic N) is 2. The molecule has 0 aliphatic rings. The van der Waals surface area contributed by atoms with Crippen LogP contribution in [0.2, 0.25) is 0 Å². The fourth-order valence-electron chi connectivity index (χ4n) is 1.41. The highest BCUT2D eigenvalue weighted by molar-refractivity contribution is 7.99. The van der Waals surface area contributed by atoms with Crippen molar-refractivity contribution in [1.82, 2.24) is 20.5 Å². The largest absolute Gasteiger partial charge is 0.310 e. The van der Waals surface area contributed by atoms with Crippen molar-refractivity contribution in [2.24, 2.45) is 0 Å². The third-order valence-corrected chi connectivity index (χ3v) is 3.28. The molecule has 0 amide bonds. The summed E-state index contributed by atoms with van der Waals surface area (Å²) in [6, 6.07) is 8.82. The van der Waals surface area contributed by atoms with E-state index in [1.165, 1.54) is 16.8 Å². The minimum Gasteiger partial charge on any atom is -0.310 e. The first-order valence-electron chi connectivity index (χ1n) is 5.60. The van der Waals surface area contributed by atoms with E-state index in [1.807, 2.05) is 6.07 Å². The minimum atomic E-state index is 0.485. The van der Waals surface area contributed by atoms with E-state index in [-0.39, 0.29) is 0 Å². The number of aromatic nitrogens is 3.